The van der Waals surface area contributed by atoms with Gasteiger partial charge in [-0.2, -0.15) is 5.10 Å². The Kier molecular flexibility index (Phi) is 2.50. The summed E-state index contributed by atoms with van der Waals surface area (Å²) in [6, 6.07) is 0.542. The number of nitrogens with zero attached hydrogens (tertiary/aromatic N) is 1. The molecule has 2 fully saturated rings. The molecular weight excluding hydrogens is 270 g/mol. The summed E-state index contributed by atoms with van der Waals surface area (Å²) in [6.45, 7) is 0. The second-order valence-corrected chi connectivity index (χ2v) is 5.56. The molecule has 2 N–H and O–H groups in total. The van der Waals surface area contributed by atoms with E-state index in [1.165, 1.54) is 25.7 Å². The van der Waals surface area contributed by atoms with Gasteiger partial charge in [-0.3, -0.25) is 4.79 Å². The first-order valence-electron chi connectivity index (χ1n) is 5.75. The number of aromatic amines is 1. The third-order valence-corrected chi connectivity index (χ3v) is 4.16. The summed E-state index contributed by atoms with van der Waals surface area (Å²) in [5, 5.41) is 9.72. The van der Waals surface area contributed by atoms with Gasteiger partial charge in [0.2, 0.25) is 0 Å². The van der Waals surface area contributed by atoms with E-state index in [4.69, 9.17) is 0 Å². The molecule has 1 heterocycles. The molecule has 0 amide bonds. The van der Waals surface area contributed by atoms with Gasteiger partial charge in [-0.1, -0.05) is 0 Å². The Morgan fingerprint density at radius 1 is 1.38 bits per heavy atom. The van der Waals surface area contributed by atoms with E-state index in [9.17, 15) is 4.79 Å². The van der Waals surface area contributed by atoms with Crippen molar-refractivity contribution in [3.05, 3.63) is 21.0 Å². The minimum atomic E-state index is -0.171. The Bertz CT molecular complexity index is 439. The first kappa shape index (κ1) is 10.3. The second kappa shape index (κ2) is 3.87. The molecule has 0 bridgehead atoms. The summed E-state index contributed by atoms with van der Waals surface area (Å²) in [4.78, 5) is 11.4. The van der Waals surface area contributed by atoms with E-state index in [0.29, 0.717) is 10.5 Å². The molecule has 4 nitrogen and oxygen atoms in total. The summed E-state index contributed by atoms with van der Waals surface area (Å²) in [5.41, 5.74) is 0.655. The Morgan fingerprint density at radius 2 is 2.00 bits per heavy atom. The Balaban J connectivity index is 1.81. The molecule has 5 heteroatoms. The maximum absolute atomic E-state index is 11.4. The highest BCUT2D eigenvalue weighted by Gasteiger charge is 2.41. The third kappa shape index (κ3) is 2.00. The van der Waals surface area contributed by atoms with E-state index >= 15 is 0 Å². The van der Waals surface area contributed by atoms with Crippen molar-refractivity contribution in [2.45, 2.75) is 31.7 Å². The fourth-order valence-corrected chi connectivity index (χ4v) is 2.50. The highest BCUT2D eigenvalue weighted by Crippen LogP contribution is 2.46. The zero-order chi connectivity index (χ0) is 11.1. The van der Waals surface area contributed by atoms with Gasteiger partial charge in [0.1, 0.15) is 4.47 Å². The molecule has 16 heavy (non-hydrogen) atoms. The molecule has 1 aromatic rings. The van der Waals surface area contributed by atoms with Crippen molar-refractivity contribution in [2.75, 3.05) is 5.32 Å². The minimum Gasteiger partial charge on any atom is -0.379 e. The zero-order valence-electron chi connectivity index (χ0n) is 8.87. The van der Waals surface area contributed by atoms with Crippen molar-refractivity contribution in [3.63, 3.8) is 0 Å². The molecule has 0 aliphatic heterocycles. The molecule has 0 aromatic carbocycles. The molecule has 2 saturated carbocycles. The number of hydrogen-bond donors (Lipinski definition) is 2. The van der Waals surface area contributed by atoms with Crippen LogP contribution < -0.4 is 10.9 Å². The largest absolute Gasteiger partial charge is 0.379 e. The molecule has 0 atom stereocenters. The van der Waals surface area contributed by atoms with Gasteiger partial charge >= 0.3 is 0 Å². The molecular formula is C11H14BrN3O. The highest BCUT2D eigenvalue weighted by molar-refractivity contribution is 9.10. The SMILES string of the molecule is O=c1[nH]ncc(NC(C2CC2)C2CC2)c1Br. The van der Waals surface area contributed by atoms with Gasteiger partial charge in [-0.05, 0) is 53.4 Å². The number of halogens is 1. The number of rotatable bonds is 4. The van der Waals surface area contributed by atoms with E-state index in [1.54, 1.807) is 6.20 Å². The minimum absolute atomic E-state index is 0.171. The number of nitrogens with one attached hydrogen (secondary N) is 2. The number of aromatic nitrogens is 2. The van der Waals surface area contributed by atoms with E-state index in [-0.39, 0.29) is 5.56 Å². The van der Waals surface area contributed by atoms with Crippen LogP contribution in [0.3, 0.4) is 0 Å². The average molecular weight is 284 g/mol. The molecule has 86 valence electrons. The lowest BCUT2D eigenvalue weighted by molar-refractivity contribution is 0.567. The molecule has 2 aliphatic rings. The van der Waals surface area contributed by atoms with Gasteiger partial charge in [-0.15, -0.1) is 0 Å². The standard InChI is InChI=1S/C11H14BrN3O/c12-9-8(5-13-15-11(9)16)14-10(6-1-2-6)7-3-4-7/h5-7,10H,1-4H2,(H2,14,15,16). The second-order valence-electron chi connectivity index (χ2n) is 4.77. The van der Waals surface area contributed by atoms with Crippen LogP contribution in [-0.4, -0.2) is 16.2 Å². The van der Waals surface area contributed by atoms with Gasteiger partial charge in [0.15, 0.2) is 0 Å². The van der Waals surface area contributed by atoms with Crippen LogP contribution in [0, 0.1) is 11.8 Å². The van der Waals surface area contributed by atoms with Crippen LogP contribution in [0.15, 0.2) is 15.5 Å². The van der Waals surface area contributed by atoms with E-state index in [0.717, 1.165) is 17.5 Å². The number of hydrogen-bond acceptors (Lipinski definition) is 3. The normalized spacial score (nSPS) is 20.1. The summed E-state index contributed by atoms with van der Waals surface area (Å²) in [5.74, 6) is 1.61. The molecule has 0 radical (unpaired) electrons. The van der Waals surface area contributed by atoms with E-state index in [2.05, 4.69) is 31.4 Å². The maximum atomic E-state index is 11.4. The topological polar surface area (TPSA) is 57.8 Å². The van der Waals surface area contributed by atoms with Crippen molar-refractivity contribution in [1.82, 2.24) is 10.2 Å². The molecule has 0 unspecified atom stereocenters. The Labute approximate surface area is 102 Å². The average Bonchev–Trinajstić information content (AvgIpc) is 3.15. The predicted octanol–water partition coefficient (Wildman–Crippen LogP) is 2.13. The molecule has 1 aromatic heterocycles. The van der Waals surface area contributed by atoms with Gasteiger partial charge in [0, 0.05) is 6.04 Å². The predicted molar refractivity (Wildman–Crippen MR) is 65.4 cm³/mol. The van der Waals surface area contributed by atoms with Crippen LogP contribution in [0.2, 0.25) is 0 Å². The van der Waals surface area contributed by atoms with Crippen LogP contribution in [0.5, 0.6) is 0 Å². The summed E-state index contributed by atoms with van der Waals surface area (Å²) in [7, 11) is 0. The summed E-state index contributed by atoms with van der Waals surface area (Å²) < 4.78 is 0.564. The lowest BCUT2D eigenvalue weighted by Gasteiger charge is -2.19. The molecule has 0 spiro atoms. The summed E-state index contributed by atoms with van der Waals surface area (Å²) >= 11 is 3.30. The van der Waals surface area contributed by atoms with Crippen molar-refractivity contribution in [1.29, 1.82) is 0 Å². The Hall–Kier alpha value is -0.840. The van der Waals surface area contributed by atoms with E-state index < -0.39 is 0 Å². The maximum Gasteiger partial charge on any atom is 0.280 e. The van der Waals surface area contributed by atoms with E-state index in [1.807, 2.05) is 0 Å². The first-order valence-corrected chi connectivity index (χ1v) is 6.54. The van der Waals surface area contributed by atoms with Crippen LogP contribution in [0.4, 0.5) is 5.69 Å². The van der Waals surface area contributed by atoms with Crippen molar-refractivity contribution >= 4 is 21.6 Å². The molecule has 2 aliphatic carbocycles. The quantitative estimate of drug-likeness (QED) is 0.890. The van der Waals surface area contributed by atoms with Gasteiger partial charge in [0.25, 0.3) is 5.56 Å². The molecule has 3 rings (SSSR count). The number of H-pyrrole nitrogens is 1. The molecule has 0 saturated heterocycles. The van der Waals surface area contributed by atoms with Crippen molar-refractivity contribution in [3.8, 4) is 0 Å². The van der Waals surface area contributed by atoms with Gasteiger partial charge in [0.05, 0.1) is 11.9 Å². The van der Waals surface area contributed by atoms with Crippen molar-refractivity contribution < 1.29 is 0 Å². The van der Waals surface area contributed by atoms with Crippen molar-refractivity contribution in [2.24, 2.45) is 11.8 Å². The van der Waals surface area contributed by atoms with Crippen LogP contribution >= 0.6 is 15.9 Å². The fourth-order valence-electron chi connectivity index (χ4n) is 2.19. The monoisotopic (exact) mass is 283 g/mol. The lowest BCUT2D eigenvalue weighted by Crippen LogP contribution is -2.26. The Morgan fingerprint density at radius 3 is 2.56 bits per heavy atom. The van der Waals surface area contributed by atoms with Gasteiger partial charge < -0.3 is 5.32 Å². The smallest absolute Gasteiger partial charge is 0.280 e. The van der Waals surface area contributed by atoms with Crippen LogP contribution in [-0.2, 0) is 0 Å². The zero-order valence-corrected chi connectivity index (χ0v) is 10.5. The lowest BCUT2D eigenvalue weighted by atomic mass is 10.1. The fraction of sp³-hybridized carbons (Fsp3) is 0.636. The summed E-state index contributed by atoms with van der Waals surface area (Å²) in [6.07, 6.45) is 6.97. The van der Waals surface area contributed by atoms with Crippen LogP contribution in [0.1, 0.15) is 25.7 Å². The van der Waals surface area contributed by atoms with Crippen LogP contribution in [0.25, 0.3) is 0 Å². The highest BCUT2D eigenvalue weighted by atomic mass is 79.9. The first-order chi connectivity index (χ1) is 7.75. The van der Waals surface area contributed by atoms with Gasteiger partial charge in [-0.25, -0.2) is 5.10 Å². The third-order valence-electron chi connectivity index (χ3n) is 3.38. The number of anilines is 1.